The molecule has 30 heavy (non-hydrogen) atoms. The number of benzene rings is 1. The van der Waals surface area contributed by atoms with Crippen molar-refractivity contribution >= 4 is 28.9 Å². The minimum absolute atomic E-state index is 0.00833. The number of anilines is 1. The normalized spacial score (nSPS) is 10.5. The molecule has 0 fully saturated rings. The van der Waals surface area contributed by atoms with Gasteiger partial charge in [-0.05, 0) is 50.1 Å². The largest absolute Gasteiger partial charge is 0.477 e. The van der Waals surface area contributed by atoms with Gasteiger partial charge in [-0.2, -0.15) is 0 Å². The molecule has 0 radical (unpaired) electrons. The zero-order chi connectivity index (χ0) is 21.5. The van der Waals surface area contributed by atoms with Crippen LogP contribution in [0, 0.1) is 13.8 Å². The van der Waals surface area contributed by atoms with Gasteiger partial charge in [0.1, 0.15) is 17.2 Å². The molecule has 1 amide bonds. The van der Waals surface area contributed by atoms with Crippen LogP contribution in [0.2, 0.25) is 0 Å². The first-order chi connectivity index (χ1) is 14.5. The topological polar surface area (TPSA) is 90.4 Å². The van der Waals surface area contributed by atoms with Crippen molar-refractivity contribution in [3.8, 4) is 5.88 Å². The van der Waals surface area contributed by atoms with Gasteiger partial charge in [0.25, 0.3) is 0 Å². The molecule has 1 N–H and O–H groups in total. The van der Waals surface area contributed by atoms with E-state index >= 15 is 0 Å². The van der Waals surface area contributed by atoms with Gasteiger partial charge in [0, 0.05) is 17.3 Å². The van der Waals surface area contributed by atoms with Crippen LogP contribution in [0.25, 0.3) is 0 Å². The minimum Gasteiger partial charge on any atom is -0.477 e. The van der Waals surface area contributed by atoms with Crippen LogP contribution >= 0.6 is 11.3 Å². The van der Waals surface area contributed by atoms with Crippen molar-refractivity contribution in [1.82, 2.24) is 9.97 Å². The third kappa shape index (κ3) is 5.64. The van der Waals surface area contributed by atoms with E-state index in [9.17, 15) is 9.59 Å². The molecule has 0 atom stereocenters. The summed E-state index contributed by atoms with van der Waals surface area (Å²) in [5.74, 6) is -0.431. The summed E-state index contributed by atoms with van der Waals surface area (Å²) in [5.41, 5.74) is 3.73. The van der Waals surface area contributed by atoms with Gasteiger partial charge in [0.15, 0.2) is 0 Å². The number of amides is 1. The summed E-state index contributed by atoms with van der Waals surface area (Å²) in [4.78, 5) is 33.1. The first-order valence-corrected chi connectivity index (χ1v) is 10.4. The van der Waals surface area contributed by atoms with Crippen molar-refractivity contribution in [2.45, 2.75) is 33.8 Å². The standard InChI is InChI=1S/C22H23N3O4S/c1-4-28-21-17(6-5-9-23-21)22(27)29-12-16-13-30-20(24-16)11-19(26)25-18-10-14(2)7-8-15(18)3/h5-10,13H,4,11-12H2,1-3H3,(H,25,26). The summed E-state index contributed by atoms with van der Waals surface area (Å²) >= 11 is 1.35. The molecule has 0 unspecified atom stereocenters. The van der Waals surface area contributed by atoms with E-state index in [4.69, 9.17) is 9.47 Å². The molecular weight excluding hydrogens is 402 g/mol. The Labute approximate surface area is 179 Å². The lowest BCUT2D eigenvalue weighted by atomic mass is 10.1. The number of hydrogen-bond donors (Lipinski definition) is 1. The predicted molar refractivity (Wildman–Crippen MR) is 115 cm³/mol. The highest BCUT2D eigenvalue weighted by molar-refractivity contribution is 7.09. The van der Waals surface area contributed by atoms with E-state index in [-0.39, 0.29) is 30.4 Å². The summed E-state index contributed by atoms with van der Waals surface area (Å²) < 4.78 is 10.7. The Bertz CT molecular complexity index is 1050. The summed E-state index contributed by atoms with van der Waals surface area (Å²) in [7, 11) is 0. The Morgan fingerprint density at radius 2 is 2.03 bits per heavy atom. The molecule has 2 heterocycles. The number of hydrogen-bond acceptors (Lipinski definition) is 7. The lowest BCUT2D eigenvalue weighted by molar-refractivity contribution is -0.115. The Hall–Kier alpha value is -3.26. The van der Waals surface area contributed by atoms with Gasteiger partial charge in [-0.3, -0.25) is 4.79 Å². The molecule has 156 valence electrons. The molecule has 0 aliphatic carbocycles. The average Bonchev–Trinajstić information content (AvgIpc) is 3.16. The number of nitrogens with one attached hydrogen (secondary N) is 1. The molecule has 2 aromatic heterocycles. The van der Waals surface area contributed by atoms with Crippen molar-refractivity contribution in [2.75, 3.05) is 11.9 Å². The van der Waals surface area contributed by atoms with E-state index in [2.05, 4.69) is 15.3 Å². The lowest BCUT2D eigenvalue weighted by Gasteiger charge is -2.08. The van der Waals surface area contributed by atoms with Crippen LogP contribution in [0.3, 0.4) is 0 Å². The number of ether oxygens (including phenoxy) is 2. The van der Waals surface area contributed by atoms with Gasteiger partial charge >= 0.3 is 5.97 Å². The van der Waals surface area contributed by atoms with Gasteiger partial charge in [-0.15, -0.1) is 11.3 Å². The molecule has 3 aromatic rings. The lowest BCUT2D eigenvalue weighted by Crippen LogP contribution is -2.15. The van der Waals surface area contributed by atoms with Crippen LogP contribution in [0.4, 0.5) is 5.69 Å². The SMILES string of the molecule is CCOc1ncccc1C(=O)OCc1csc(CC(=O)Nc2cc(C)ccc2C)n1. The fourth-order valence-electron chi connectivity index (χ4n) is 2.71. The molecule has 1 aromatic carbocycles. The number of nitrogens with zero attached hydrogens (tertiary/aromatic N) is 2. The number of carbonyl (C=O) groups is 2. The molecule has 8 heteroatoms. The highest BCUT2D eigenvalue weighted by atomic mass is 32.1. The Balaban J connectivity index is 1.56. The molecule has 0 saturated heterocycles. The van der Waals surface area contributed by atoms with E-state index in [1.54, 1.807) is 23.7 Å². The monoisotopic (exact) mass is 425 g/mol. The van der Waals surface area contributed by atoms with Crippen molar-refractivity contribution in [3.63, 3.8) is 0 Å². The maximum Gasteiger partial charge on any atom is 0.344 e. The Morgan fingerprint density at radius 1 is 1.20 bits per heavy atom. The summed E-state index contributed by atoms with van der Waals surface area (Å²) in [6, 6.07) is 9.16. The van der Waals surface area contributed by atoms with Gasteiger partial charge in [0.2, 0.25) is 11.8 Å². The van der Waals surface area contributed by atoms with Crippen molar-refractivity contribution in [1.29, 1.82) is 0 Å². The number of thiazole rings is 1. The molecule has 0 aliphatic heterocycles. The summed E-state index contributed by atoms with van der Waals surface area (Å²) in [6.07, 6.45) is 1.71. The van der Waals surface area contributed by atoms with Crippen LogP contribution in [0.5, 0.6) is 5.88 Å². The van der Waals surface area contributed by atoms with Crippen molar-refractivity contribution in [3.05, 3.63) is 69.3 Å². The Morgan fingerprint density at radius 3 is 2.83 bits per heavy atom. The van der Waals surface area contributed by atoms with Gasteiger partial charge < -0.3 is 14.8 Å². The van der Waals surface area contributed by atoms with E-state index < -0.39 is 5.97 Å². The van der Waals surface area contributed by atoms with Gasteiger partial charge in [-0.1, -0.05) is 12.1 Å². The van der Waals surface area contributed by atoms with E-state index in [1.807, 2.05) is 39.0 Å². The number of aromatic nitrogens is 2. The molecule has 0 spiro atoms. The number of pyridine rings is 1. The first kappa shape index (κ1) is 21.4. The third-order valence-electron chi connectivity index (χ3n) is 4.20. The molecule has 0 aliphatic rings. The van der Waals surface area contributed by atoms with E-state index in [1.165, 1.54) is 11.3 Å². The maximum atomic E-state index is 12.4. The first-order valence-electron chi connectivity index (χ1n) is 9.51. The quantitative estimate of drug-likeness (QED) is 0.547. The smallest absolute Gasteiger partial charge is 0.344 e. The number of esters is 1. The number of carbonyl (C=O) groups excluding carboxylic acids is 2. The number of rotatable bonds is 8. The van der Waals surface area contributed by atoms with Crippen LogP contribution in [-0.4, -0.2) is 28.5 Å². The minimum atomic E-state index is -0.534. The second-order valence-electron chi connectivity index (χ2n) is 6.64. The average molecular weight is 426 g/mol. The van der Waals surface area contributed by atoms with Crippen LogP contribution < -0.4 is 10.1 Å². The third-order valence-corrected chi connectivity index (χ3v) is 5.10. The second kappa shape index (κ2) is 9.98. The molecule has 0 bridgehead atoms. The van der Waals surface area contributed by atoms with Gasteiger partial charge in [0.05, 0.1) is 18.7 Å². The van der Waals surface area contributed by atoms with Crippen molar-refractivity contribution in [2.24, 2.45) is 0 Å². The van der Waals surface area contributed by atoms with Gasteiger partial charge in [-0.25, -0.2) is 14.8 Å². The molecular formula is C22H23N3O4S. The van der Waals surface area contributed by atoms with E-state index in [0.29, 0.717) is 17.3 Å². The van der Waals surface area contributed by atoms with Crippen LogP contribution in [0.15, 0.2) is 41.9 Å². The molecule has 0 saturated carbocycles. The van der Waals surface area contributed by atoms with E-state index in [0.717, 1.165) is 16.8 Å². The zero-order valence-corrected chi connectivity index (χ0v) is 17.9. The van der Waals surface area contributed by atoms with Crippen LogP contribution in [0.1, 0.15) is 39.1 Å². The highest BCUT2D eigenvalue weighted by Crippen LogP contribution is 2.19. The maximum absolute atomic E-state index is 12.4. The fourth-order valence-corrected chi connectivity index (χ4v) is 3.49. The number of aryl methyl sites for hydroxylation is 2. The highest BCUT2D eigenvalue weighted by Gasteiger charge is 2.16. The molecule has 7 nitrogen and oxygen atoms in total. The second-order valence-corrected chi connectivity index (χ2v) is 7.58. The summed E-state index contributed by atoms with van der Waals surface area (Å²) in [6.45, 7) is 6.15. The zero-order valence-electron chi connectivity index (χ0n) is 17.1. The van der Waals surface area contributed by atoms with Crippen molar-refractivity contribution < 1.29 is 19.1 Å². The summed E-state index contributed by atoms with van der Waals surface area (Å²) in [5, 5.41) is 5.35. The van der Waals surface area contributed by atoms with Crippen LogP contribution in [-0.2, 0) is 22.6 Å². The fraction of sp³-hybridized carbons (Fsp3) is 0.273. The molecule has 3 rings (SSSR count). The Kier molecular flexibility index (Phi) is 7.13. The predicted octanol–water partition coefficient (Wildman–Crippen LogP) is 4.09.